The van der Waals surface area contributed by atoms with E-state index in [2.05, 4.69) is 5.32 Å². The van der Waals surface area contributed by atoms with Gasteiger partial charge in [0.1, 0.15) is 0 Å². The third-order valence-corrected chi connectivity index (χ3v) is 4.41. The third kappa shape index (κ3) is 10.6. The number of hydrogen-bond donors (Lipinski definition) is 3. The zero-order chi connectivity index (χ0) is 20.7. The number of rotatable bonds is 9. The van der Waals surface area contributed by atoms with Crippen molar-refractivity contribution in [2.45, 2.75) is 38.5 Å². The average molecular weight is 448 g/mol. The van der Waals surface area contributed by atoms with Gasteiger partial charge in [-0.15, -0.1) is 0 Å². The number of anilines is 1. The van der Waals surface area contributed by atoms with Gasteiger partial charge in [0, 0.05) is 24.4 Å². The molecule has 1 aromatic rings. The van der Waals surface area contributed by atoms with Crippen molar-refractivity contribution in [1.29, 1.82) is 0 Å². The molecule has 5 nitrogen and oxygen atoms in total. The molecule has 2 fully saturated rings. The van der Waals surface area contributed by atoms with E-state index in [-0.39, 0.29) is 28.9 Å². The van der Waals surface area contributed by atoms with E-state index in [4.69, 9.17) is 5.21 Å². The molecule has 0 heterocycles. The molecule has 0 atom stereocenters. The maximum absolute atomic E-state index is 12.1. The second-order valence-corrected chi connectivity index (χ2v) is 6.68. The van der Waals surface area contributed by atoms with E-state index in [0.717, 1.165) is 36.4 Å². The van der Waals surface area contributed by atoms with E-state index in [1.54, 1.807) is 5.48 Å². The van der Waals surface area contributed by atoms with Crippen LogP contribution in [0.5, 0.6) is 0 Å². The Bertz CT molecular complexity index is 607. The molecule has 2 aliphatic rings. The molecule has 0 unspecified atom stereocenters. The van der Waals surface area contributed by atoms with Crippen molar-refractivity contribution in [3.63, 3.8) is 0 Å². The summed E-state index contributed by atoms with van der Waals surface area (Å²) in [5, 5.41) is 11.4. The topological polar surface area (TPSA) is 78.4 Å². The minimum atomic E-state index is -0.364. The zero-order valence-corrected chi connectivity index (χ0v) is 18.0. The van der Waals surface area contributed by atoms with Crippen molar-refractivity contribution in [2.75, 3.05) is 5.32 Å². The third-order valence-electron chi connectivity index (χ3n) is 4.41. The fourth-order valence-electron chi connectivity index (χ4n) is 2.91. The van der Waals surface area contributed by atoms with Crippen LogP contribution in [0.1, 0.15) is 44.1 Å². The fraction of sp³-hybridized carbons (Fsp3) is 0.250. The number of carbonyl (C=O) groups is 2. The maximum Gasteiger partial charge on any atom is 2.00 e. The molecule has 0 aliphatic heterocycles. The summed E-state index contributed by atoms with van der Waals surface area (Å²) in [5.74, 6) is 0.729. The Morgan fingerprint density at radius 2 is 1.27 bits per heavy atom. The molecular formula is C24H28FeN2O3+2. The van der Waals surface area contributed by atoms with Crippen LogP contribution in [0.4, 0.5) is 5.69 Å². The van der Waals surface area contributed by atoms with Gasteiger partial charge >= 0.3 is 17.1 Å². The van der Waals surface area contributed by atoms with Crippen LogP contribution in [-0.2, 0) is 26.7 Å². The van der Waals surface area contributed by atoms with Gasteiger partial charge in [-0.05, 0) is 82.3 Å². The van der Waals surface area contributed by atoms with Gasteiger partial charge in [0.25, 0.3) is 0 Å². The number of amides is 2. The number of carbonyl (C=O) groups excluding carboxylic acids is 2. The van der Waals surface area contributed by atoms with Crippen molar-refractivity contribution >= 4 is 17.5 Å². The second kappa shape index (κ2) is 16.3. The first-order valence-electron chi connectivity index (χ1n) is 9.91. The predicted molar refractivity (Wildman–Crippen MR) is 114 cm³/mol. The van der Waals surface area contributed by atoms with E-state index in [1.807, 2.05) is 82.1 Å². The van der Waals surface area contributed by atoms with Crippen LogP contribution in [0.25, 0.3) is 0 Å². The summed E-state index contributed by atoms with van der Waals surface area (Å²) in [6.07, 6.45) is 22.0. The second-order valence-electron chi connectivity index (χ2n) is 6.68. The Balaban J connectivity index is 0.000000655. The Kier molecular flexibility index (Phi) is 14.5. The van der Waals surface area contributed by atoms with Gasteiger partial charge in [-0.2, -0.15) is 0 Å². The SMILES string of the molecule is O=C(CCCCCCC(=O)Nc1ccccc1[C]1[CH][CH][CH][CH]1)NO.[CH]1[CH][CH][CH][CH]1.[Fe+2]. The molecule has 6 heteroatoms. The van der Waals surface area contributed by atoms with E-state index in [9.17, 15) is 9.59 Å². The number of benzene rings is 1. The Morgan fingerprint density at radius 3 is 1.83 bits per heavy atom. The summed E-state index contributed by atoms with van der Waals surface area (Å²) in [7, 11) is 0. The first kappa shape index (κ1) is 26.7. The smallest absolute Gasteiger partial charge is 0.326 e. The molecule has 2 aliphatic carbocycles. The van der Waals surface area contributed by atoms with E-state index in [0.29, 0.717) is 19.3 Å². The average Bonchev–Trinajstić information content (AvgIpc) is 3.47. The summed E-state index contributed by atoms with van der Waals surface area (Å²) in [4.78, 5) is 23.0. The fourth-order valence-corrected chi connectivity index (χ4v) is 2.91. The Labute approximate surface area is 192 Å². The Hall–Kier alpha value is -1.36. The van der Waals surface area contributed by atoms with Crippen molar-refractivity contribution in [3.8, 4) is 0 Å². The summed E-state index contributed by atoms with van der Waals surface area (Å²) in [6, 6.07) is 7.78. The largest absolute Gasteiger partial charge is 2.00 e. The minimum absolute atomic E-state index is 0. The van der Waals surface area contributed by atoms with Gasteiger partial charge in [0.05, 0.1) is 0 Å². The molecule has 30 heavy (non-hydrogen) atoms. The van der Waals surface area contributed by atoms with Gasteiger partial charge in [0.15, 0.2) is 0 Å². The first-order chi connectivity index (χ1) is 14.2. The van der Waals surface area contributed by atoms with Crippen LogP contribution in [0.15, 0.2) is 24.3 Å². The monoisotopic (exact) mass is 448 g/mol. The molecule has 3 N–H and O–H groups in total. The normalized spacial score (nSPS) is 15.6. The molecule has 0 saturated heterocycles. The van der Waals surface area contributed by atoms with Crippen LogP contribution < -0.4 is 10.8 Å². The van der Waals surface area contributed by atoms with Crippen LogP contribution in [0.2, 0.25) is 0 Å². The van der Waals surface area contributed by atoms with Crippen molar-refractivity contribution in [3.05, 3.63) is 93.5 Å². The van der Waals surface area contributed by atoms with Crippen LogP contribution in [0, 0.1) is 63.7 Å². The van der Waals surface area contributed by atoms with Gasteiger partial charge in [-0.1, -0.05) is 31.0 Å². The van der Waals surface area contributed by atoms with Crippen molar-refractivity contribution in [2.24, 2.45) is 0 Å². The molecule has 3 rings (SSSR count). The standard InChI is InChI=1S/C19H23N2O3.C5H5.Fe/c22-18(13-3-1-2-4-14-19(23)21-24)20-17-12-8-7-11-16(17)15-9-5-6-10-15;1-2-4-5-3-1;/h5-12,24H,1-4,13-14H2,(H,20,22)(H,21,23);1-5H;/q;;+2. The van der Waals surface area contributed by atoms with Gasteiger partial charge < -0.3 is 5.32 Å². The molecular weight excluding hydrogens is 420 g/mol. The summed E-state index contributed by atoms with van der Waals surface area (Å²) >= 11 is 0. The molecule has 2 amide bonds. The van der Waals surface area contributed by atoms with Crippen LogP contribution in [-0.4, -0.2) is 17.0 Å². The number of hydroxylamine groups is 1. The molecule has 10 radical (unpaired) electrons. The summed E-state index contributed by atoms with van der Waals surface area (Å²) < 4.78 is 0. The quantitative estimate of drug-likeness (QED) is 0.229. The zero-order valence-electron chi connectivity index (χ0n) is 16.9. The number of hydrogen-bond acceptors (Lipinski definition) is 3. The Morgan fingerprint density at radius 1 is 0.733 bits per heavy atom. The van der Waals surface area contributed by atoms with E-state index in [1.165, 1.54) is 0 Å². The van der Waals surface area contributed by atoms with Gasteiger partial charge in [-0.3, -0.25) is 14.8 Å². The first-order valence-corrected chi connectivity index (χ1v) is 9.91. The van der Waals surface area contributed by atoms with Crippen LogP contribution in [0.3, 0.4) is 0 Å². The summed E-state index contributed by atoms with van der Waals surface area (Å²) in [5.41, 5.74) is 3.46. The molecule has 1 aromatic carbocycles. The van der Waals surface area contributed by atoms with Crippen molar-refractivity contribution in [1.82, 2.24) is 5.48 Å². The molecule has 0 aromatic heterocycles. The predicted octanol–water partition coefficient (Wildman–Crippen LogP) is 4.24. The van der Waals surface area contributed by atoms with Gasteiger partial charge in [0.2, 0.25) is 11.8 Å². The summed E-state index contributed by atoms with van der Waals surface area (Å²) in [6.45, 7) is 0. The van der Waals surface area contributed by atoms with Gasteiger partial charge in [-0.25, -0.2) is 5.48 Å². The molecule has 158 valence electrons. The number of nitrogens with one attached hydrogen (secondary N) is 2. The van der Waals surface area contributed by atoms with Crippen LogP contribution >= 0.6 is 0 Å². The molecule has 0 spiro atoms. The van der Waals surface area contributed by atoms with E-state index >= 15 is 0 Å². The van der Waals surface area contributed by atoms with E-state index < -0.39 is 0 Å². The molecule has 0 bridgehead atoms. The molecule has 2 saturated carbocycles. The minimum Gasteiger partial charge on any atom is -0.326 e. The maximum atomic E-state index is 12.1. The van der Waals surface area contributed by atoms with Crippen molar-refractivity contribution < 1.29 is 31.9 Å². The number of para-hydroxylation sites is 1. The number of unbranched alkanes of at least 4 members (excludes halogenated alkanes) is 3.